The largest absolute Gasteiger partial charge is 0.308 e. The van der Waals surface area contributed by atoms with Crippen LogP contribution in [0.2, 0.25) is 0 Å². The molecule has 4 nitrogen and oxygen atoms in total. The molecule has 0 unspecified atom stereocenters. The summed E-state index contributed by atoms with van der Waals surface area (Å²) in [7, 11) is 0. The van der Waals surface area contributed by atoms with Gasteiger partial charge in [-0.2, -0.15) is 0 Å². The van der Waals surface area contributed by atoms with Crippen LogP contribution in [0.25, 0.3) is 56.1 Å². The number of hydrogen-bond donors (Lipinski definition) is 0. The molecule has 0 radical (unpaired) electrons. The smallest absolute Gasteiger partial charge is 0.164 e. The molecule has 278 valence electrons. The van der Waals surface area contributed by atoms with E-state index in [4.69, 9.17) is 15.0 Å². The molecule has 4 fully saturated rings. The highest BCUT2D eigenvalue weighted by Gasteiger charge is 2.62. The van der Waals surface area contributed by atoms with Gasteiger partial charge in [0.25, 0.3) is 0 Å². The second-order valence-corrected chi connectivity index (χ2v) is 18.3. The molecule has 5 heteroatoms. The number of hydrogen-bond acceptors (Lipinski definition) is 5. The molecular weight excluding hydrogens is 725 g/mol. The predicted octanol–water partition coefficient (Wildman–Crippen LogP) is 13.7. The first-order valence-electron chi connectivity index (χ1n) is 20.9. The standard InChI is InChI=1S/C53H40N4S/c1-2-11-35(12-3-1)50-54-51(36-18-22-40(23-19-36)57-45-14-6-8-16-47(45)58-48-17-9-7-15-46(48)57)56-52(55-50)37-21-24-42-43-25-20-34-10-4-5-13-41(34)49(43)53(44(42)31-37)38-27-32-26-33(29-38)30-39(53)28-32/h1-25,31-33,38-39H,26-30H2. The summed E-state index contributed by atoms with van der Waals surface area (Å²) in [5.74, 6) is 5.19. The lowest BCUT2D eigenvalue weighted by Gasteiger charge is -2.61. The first kappa shape index (κ1) is 33.0. The van der Waals surface area contributed by atoms with Gasteiger partial charge in [0.2, 0.25) is 0 Å². The quantitative estimate of drug-likeness (QED) is 0.179. The minimum absolute atomic E-state index is 0.0209. The maximum Gasteiger partial charge on any atom is 0.164 e. The fourth-order valence-electron chi connectivity index (χ4n) is 12.2. The summed E-state index contributed by atoms with van der Waals surface area (Å²) in [5.41, 5.74) is 12.5. The Kier molecular flexibility index (Phi) is 7.10. The summed E-state index contributed by atoms with van der Waals surface area (Å²) >= 11 is 1.83. The van der Waals surface area contributed by atoms with Crippen molar-refractivity contribution in [2.45, 2.75) is 47.3 Å². The highest BCUT2D eigenvalue weighted by molar-refractivity contribution is 7.99. The van der Waals surface area contributed by atoms with Crippen molar-refractivity contribution in [3.8, 4) is 45.3 Å². The highest BCUT2D eigenvalue weighted by atomic mass is 32.2. The zero-order valence-electron chi connectivity index (χ0n) is 32.1. The normalized spacial score (nSPS) is 23.1. The Morgan fingerprint density at radius 2 is 1.03 bits per heavy atom. The zero-order chi connectivity index (χ0) is 38.0. The third kappa shape index (κ3) is 4.74. The van der Waals surface area contributed by atoms with E-state index in [0.717, 1.165) is 40.0 Å². The molecule has 14 rings (SSSR count). The first-order valence-corrected chi connectivity index (χ1v) is 21.8. The number of anilines is 3. The van der Waals surface area contributed by atoms with Crippen molar-refractivity contribution in [1.29, 1.82) is 0 Å². The molecule has 2 heterocycles. The van der Waals surface area contributed by atoms with Crippen molar-refractivity contribution < 1.29 is 0 Å². The van der Waals surface area contributed by atoms with E-state index in [1.165, 1.54) is 80.7 Å². The van der Waals surface area contributed by atoms with Crippen molar-refractivity contribution in [2.24, 2.45) is 23.7 Å². The lowest BCUT2D eigenvalue weighted by Crippen LogP contribution is -2.55. The van der Waals surface area contributed by atoms with Crippen molar-refractivity contribution in [3.05, 3.63) is 169 Å². The minimum Gasteiger partial charge on any atom is -0.308 e. The van der Waals surface area contributed by atoms with Gasteiger partial charge in [0, 0.05) is 37.6 Å². The third-order valence-electron chi connectivity index (χ3n) is 14.3. The summed E-state index contributed by atoms with van der Waals surface area (Å²) in [6, 6.07) is 57.5. The summed E-state index contributed by atoms with van der Waals surface area (Å²) in [4.78, 5) is 20.6. The van der Waals surface area contributed by atoms with E-state index in [0.29, 0.717) is 23.5 Å². The van der Waals surface area contributed by atoms with Crippen LogP contribution in [-0.4, -0.2) is 15.0 Å². The van der Waals surface area contributed by atoms with E-state index in [-0.39, 0.29) is 5.41 Å². The maximum absolute atomic E-state index is 5.32. The van der Waals surface area contributed by atoms with Gasteiger partial charge in [-0.1, -0.05) is 115 Å². The predicted molar refractivity (Wildman–Crippen MR) is 236 cm³/mol. The Labute approximate surface area is 343 Å². The number of nitrogens with zero attached hydrogens (tertiary/aromatic N) is 4. The van der Waals surface area contributed by atoms with Crippen LogP contribution >= 0.6 is 11.8 Å². The van der Waals surface area contributed by atoms with Crippen molar-refractivity contribution in [3.63, 3.8) is 0 Å². The molecule has 0 saturated heterocycles. The Hall–Kier alpha value is -6.04. The van der Waals surface area contributed by atoms with Crippen LogP contribution in [0.5, 0.6) is 0 Å². The van der Waals surface area contributed by atoms with Crippen LogP contribution in [0.3, 0.4) is 0 Å². The number of para-hydroxylation sites is 2. The lowest BCUT2D eigenvalue weighted by atomic mass is 9.43. The molecular formula is C53H40N4S. The summed E-state index contributed by atoms with van der Waals surface area (Å²) in [6.07, 6.45) is 6.81. The Morgan fingerprint density at radius 3 is 1.72 bits per heavy atom. The van der Waals surface area contributed by atoms with Crippen molar-refractivity contribution in [1.82, 2.24) is 15.0 Å². The van der Waals surface area contributed by atoms with Crippen molar-refractivity contribution in [2.75, 3.05) is 4.90 Å². The van der Waals surface area contributed by atoms with E-state index in [9.17, 15) is 0 Å². The van der Waals surface area contributed by atoms with Crippen molar-refractivity contribution >= 4 is 39.6 Å². The van der Waals surface area contributed by atoms with Gasteiger partial charge in [-0.25, -0.2) is 15.0 Å². The zero-order valence-corrected chi connectivity index (χ0v) is 32.9. The average molecular weight is 765 g/mol. The van der Waals surface area contributed by atoms with Gasteiger partial charge in [0.15, 0.2) is 17.5 Å². The van der Waals surface area contributed by atoms with E-state index in [1.54, 1.807) is 5.56 Å². The second kappa shape index (κ2) is 12.5. The lowest BCUT2D eigenvalue weighted by molar-refractivity contribution is -0.0393. The van der Waals surface area contributed by atoms with E-state index in [2.05, 4.69) is 157 Å². The number of benzene rings is 7. The van der Waals surface area contributed by atoms with Crippen LogP contribution in [-0.2, 0) is 5.41 Å². The van der Waals surface area contributed by atoms with Gasteiger partial charge in [0.1, 0.15) is 0 Å². The first-order chi connectivity index (χ1) is 28.7. The molecule has 0 amide bonds. The molecule has 0 N–H and O–H groups in total. The third-order valence-corrected chi connectivity index (χ3v) is 15.4. The summed E-state index contributed by atoms with van der Waals surface area (Å²) in [6.45, 7) is 0. The SMILES string of the molecule is c1ccc(-c2nc(-c3ccc(N4c5ccccc5Sc5ccccc54)cc3)nc(-c3ccc4c(c3)C3(c5c-4ccc4ccccc54)C4CC5CC(C4)CC3C5)n2)cc1. The molecule has 58 heavy (non-hydrogen) atoms. The van der Waals surface area contributed by atoms with Gasteiger partial charge in [0.05, 0.1) is 11.4 Å². The van der Waals surface area contributed by atoms with E-state index >= 15 is 0 Å². The minimum atomic E-state index is 0.0209. The van der Waals surface area contributed by atoms with Gasteiger partial charge >= 0.3 is 0 Å². The summed E-state index contributed by atoms with van der Waals surface area (Å²) < 4.78 is 0. The summed E-state index contributed by atoms with van der Waals surface area (Å²) in [5, 5.41) is 2.80. The highest BCUT2D eigenvalue weighted by Crippen LogP contribution is 2.70. The van der Waals surface area contributed by atoms with Crippen LogP contribution < -0.4 is 4.90 Å². The Bertz CT molecular complexity index is 2880. The van der Waals surface area contributed by atoms with Crippen LogP contribution in [0.1, 0.15) is 43.2 Å². The van der Waals surface area contributed by atoms with Crippen LogP contribution in [0.4, 0.5) is 17.1 Å². The molecule has 5 aliphatic carbocycles. The van der Waals surface area contributed by atoms with Crippen LogP contribution in [0, 0.1) is 23.7 Å². The Morgan fingerprint density at radius 1 is 0.483 bits per heavy atom. The molecule has 8 aromatic rings. The van der Waals surface area contributed by atoms with Gasteiger partial charge < -0.3 is 4.90 Å². The number of rotatable bonds is 4. The second-order valence-electron chi connectivity index (χ2n) is 17.2. The molecule has 6 aliphatic rings. The van der Waals surface area contributed by atoms with E-state index in [1.807, 2.05) is 17.8 Å². The fraction of sp³-hybridized carbons (Fsp3) is 0.189. The molecule has 1 aromatic heterocycles. The number of fused-ring (bicyclic) bond motifs is 7. The molecule has 0 atom stereocenters. The van der Waals surface area contributed by atoms with E-state index < -0.39 is 0 Å². The fourth-order valence-corrected chi connectivity index (χ4v) is 13.3. The number of aromatic nitrogens is 3. The molecule has 7 aromatic carbocycles. The van der Waals surface area contributed by atoms with Crippen LogP contribution in [0.15, 0.2) is 168 Å². The monoisotopic (exact) mass is 764 g/mol. The topological polar surface area (TPSA) is 41.9 Å². The molecule has 4 bridgehead atoms. The molecule has 1 spiro atoms. The maximum atomic E-state index is 5.32. The van der Waals surface area contributed by atoms with Gasteiger partial charge in [-0.15, -0.1) is 0 Å². The molecule has 1 aliphatic heterocycles. The Balaban J connectivity index is 0.959. The van der Waals surface area contributed by atoms with Gasteiger partial charge in [-0.05, 0) is 143 Å². The average Bonchev–Trinajstić information content (AvgIpc) is 3.58. The molecule has 4 saturated carbocycles. The van der Waals surface area contributed by atoms with Gasteiger partial charge in [-0.3, -0.25) is 0 Å².